The van der Waals surface area contributed by atoms with Gasteiger partial charge in [0.15, 0.2) is 22.4 Å². The molecule has 0 radical (unpaired) electrons. The van der Waals surface area contributed by atoms with Gasteiger partial charge < -0.3 is 18.8 Å². The minimum Gasteiger partial charge on any atom is -0.461 e. The fourth-order valence-corrected chi connectivity index (χ4v) is 7.07. The maximum atomic E-state index is 13.3. The molecule has 0 atom stereocenters. The lowest BCUT2D eigenvalue weighted by atomic mass is 10.1. The Morgan fingerprint density at radius 1 is 1.00 bits per heavy atom. The highest BCUT2D eigenvalue weighted by atomic mass is 35.5. The maximum Gasteiger partial charge on any atom is 0.273 e. The molecule has 14 heteroatoms. The number of thioether (sulfide) groups is 1. The van der Waals surface area contributed by atoms with Crippen molar-refractivity contribution < 1.29 is 18.7 Å². The molecule has 5 heterocycles. The Morgan fingerprint density at radius 2 is 1.86 bits per heavy atom. The fraction of sp³-hybridized carbons (Fsp3) is 0.241. The van der Waals surface area contributed by atoms with Crippen molar-refractivity contribution in [2.75, 3.05) is 33.0 Å². The highest BCUT2D eigenvalue weighted by molar-refractivity contribution is 7.98. The van der Waals surface area contributed by atoms with Crippen LogP contribution in [0.15, 0.2) is 69.7 Å². The van der Waals surface area contributed by atoms with Gasteiger partial charge in [-0.05, 0) is 48.0 Å². The number of aromatic nitrogens is 4. The summed E-state index contributed by atoms with van der Waals surface area (Å²) in [5.41, 5.74) is 2.26. The molecular weight excluding hydrogens is 631 g/mol. The monoisotopic (exact) mass is 654 g/mol. The lowest BCUT2D eigenvalue weighted by molar-refractivity contribution is 0.0623. The van der Waals surface area contributed by atoms with Gasteiger partial charge in [0.05, 0.1) is 22.7 Å². The highest BCUT2D eigenvalue weighted by Crippen LogP contribution is 2.35. The van der Waals surface area contributed by atoms with Gasteiger partial charge >= 0.3 is 0 Å². The van der Waals surface area contributed by atoms with Crippen molar-refractivity contribution in [3.8, 4) is 28.8 Å². The number of thiazole rings is 1. The Balaban J connectivity index is 0.995. The van der Waals surface area contributed by atoms with Gasteiger partial charge in [0.1, 0.15) is 10.7 Å². The van der Waals surface area contributed by atoms with Crippen LogP contribution in [0.3, 0.4) is 0 Å². The molecule has 2 aromatic carbocycles. The predicted molar refractivity (Wildman–Crippen MR) is 165 cm³/mol. The quantitative estimate of drug-likeness (QED) is 0.179. The zero-order valence-corrected chi connectivity index (χ0v) is 25.8. The Bertz CT molecular complexity index is 1770. The first-order valence-corrected chi connectivity index (χ1v) is 16.1. The van der Waals surface area contributed by atoms with E-state index in [4.69, 9.17) is 37.1 Å². The first-order chi connectivity index (χ1) is 21.0. The lowest BCUT2D eigenvalue weighted by Gasteiger charge is -2.34. The van der Waals surface area contributed by atoms with Gasteiger partial charge in [-0.2, -0.15) is 0 Å². The van der Waals surface area contributed by atoms with E-state index in [0.717, 1.165) is 41.7 Å². The second-order valence-electron chi connectivity index (χ2n) is 9.89. The number of furan rings is 1. The average molecular weight is 656 g/mol. The average Bonchev–Trinajstić information content (AvgIpc) is 3.84. The van der Waals surface area contributed by atoms with Gasteiger partial charge in [-0.25, -0.2) is 4.98 Å². The van der Waals surface area contributed by atoms with E-state index >= 15 is 0 Å². The van der Waals surface area contributed by atoms with Gasteiger partial charge in [-0.1, -0.05) is 41.0 Å². The summed E-state index contributed by atoms with van der Waals surface area (Å²) in [6.07, 6.45) is 1.58. The predicted octanol–water partition coefficient (Wildman–Crippen LogP) is 6.27. The third-order valence-electron chi connectivity index (χ3n) is 7.12. The summed E-state index contributed by atoms with van der Waals surface area (Å²) in [6.45, 7) is 3.92. The van der Waals surface area contributed by atoms with Crippen LogP contribution >= 0.6 is 46.3 Å². The van der Waals surface area contributed by atoms with Crippen LogP contribution in [0.2, 0.25) is 10.0 Å². The van der Waals surface area contributed by atoms with Crippen LogP contribution in [-0.2, 0) is 12.3 Å². The van der Waals surface area contributed by atoms with Crippen LogP contribution in [0.25, 0.3) is 17.3 Å². The lowest BCUT2D eigenvalue weighted by Crippen LogP contribution is -2.48. The number of rotatable bonds is 8. The Hall–Kier alpha value is -3.55. The second-order valence-corrected chi connectivity index (χ2v) is 12.6. The van der Waals surface area contributed by atoms with Crippen LogP contribution in [0.1, 0.15) is 21.1 Å². The van der Waals surface area contributed by atoms with Crippen molar-refractivity contribution in [1.29, 1.82) is 0 Å². The maximum absolute atomic E-state index is 13.3. The number of amides is 1. The van der Waals surface area contributed by atoms with Crippen LogP contribution < -0.4 is 9.47 Å². The Morgan fingerprint density at radius 3 is 2.70 bits per heavy atom. The van der Waals surface area contributed by atoms with Crippen molar-refractivity contribution in [2.24, 2.45) is 0 Å². The number of hydrogen-bond donors (Lipinski definition) is 0. The number of carbonyl (C=O) groups is 1. The fourth-order valence-electron chi connectivity index (χ4n) is 4.97. The van der Waals surface area contributed by atoms with E-state index in [-0.39, 0.29) is 12.7 Å². The molecule has 5 aromatic rings. The number of benzene rings is 2. The molecule has 2 aliphatic heterocycles. The van der Waals surface area contributed by atoms with E-state index in [1.54, 1.807) is 30.5 Å². The van der Waals surface area contributed by atoms with E-state index in [0.29, 0.717) is 57.0 Å². The summed E-state index contributed by atoms with van der Waals surface area (Å²) in [5.74, 6) is 3.07. The molecule has 220 valence electrons. The molecule has 1 saturated heterocycles. The van der Waals surface area contributed by atoms with Crippen molar-refractivity contribution in [1.82, 2.24) is 29.5 Å². The number of hydrogen-bond acceptors (Lipinski definition) is 10. The van der Waals surface area contributed by atoms with Crippen molar-refractivity contribution in [3.05, 3.63) is 86.5 Å². The molecule has 2 aliphatic rings. The summed E-state index contributed by atoms with van der Waals surface area (Å²) < 4.78 is 18.3. The van der Waals surface area contributed by atoms with Gasteiger partial charge in [0.25, 0.3) is 5.91 Å². The summed E-state index contributed by atoms with van der Waals surface area (Å²) in [6, 6.07) is 14.8. The third-order valence-corrected chi connectivity index (χ3v) is 9.65. The first-order valence-electron chi connectivity index (χ1n) is 13.4. The van der Waals surface area contributed by atoms with E-state index in [9.17, 15) is 4.79 Å². The van der Waals surface area contributed by atoms with Crippen LogP contribution in [0, 0.1) is 0 Å². The molecule has 0 bridgehead atoms. The molecule has 43 heavy (non-hydrogen) atoms. The van der Waals surface area contributed by atoms with E-state index in [1.807, 2.05) is 33.0 Å². The van der Waals surface area contributed by atoms with Gasteiger partial charge in [-0.15, -0.1) is 21.5 Å². The molecular formula is C29H24Cl2N6O4S2. The second kappa shape index (κ2) is 12.2. The Kier molecular flexibility index (Phi) is 8.02. The van der Waals surface area contributed by atoms with Gasteiger partial charge in [0.2, 0.25) is 12.6 Å². The first kappa shape index (κ1) is 28.2. The third kappa shape index (κ3) is 5.98. The molecule has 0 unspecified atom stereocenters. The van der Waals surface area contributed by atoms with Crippen molar-refractivity contribution >= 4 is 52.2 Å². The minimum absolute atomic E-state index is 0.0517. The van der Waals surface area contributed by atoms with E-state index in [1.165, 1.54) is 23.1 Å². The SMILES string of the molecule is O=C(c1csc(CSc2nnc(-c3ccco3)n2-c2cc(Cl)ccc2Cl)n1)N1CCN(Cc2ccc3c(c2)OCO3)CC1. The molecule has 0 aliphatic carbocycles. The summed E-state index contributed by atoms with van der Waals surface area (Å²) >= 11 is 15.7. The van der Waals surface area contributed by atoms with Gasteiger partial charge in [-0.3, -0.25) is 14.3 Å². The van der Waals surface area contributed by atoms with E-state index < -0.39 is 0 Å². The number of piperazine rings is 1. The Labute approximate surface area is 265 Å². The van der Waals surface area contributed by atoms with Crippen LogP contribution in [0.5, 0.6) is 11.5 Å². The molecule has 0 N–H and O–H groups in total. The van der Waals surface area contributed by atoms with Crippen LogP contribution in [-0.4, -0.2) is 68.4 Å². The zero-order valence-electron chi connectivity index (χ0n) is 22.6. The number of halogens is 2. The largest absolute Gasteiger partial charge is 0.461 e. The smallest absolute Gasteiger partial charge is 0.273 e. The summed E-state index contributed by atoms with van der Waals surface area (Å²) in [5, 5.41) is 13.0. The van der Waals surface area contributed by atoms with Crippen molar-refractivity contribution in [3.63, 3.8) is 0 Å². The summed E-state index contributed by atoms with van der Waals surface area (Å²) in [7, 11) is 0. The highest BCUT2D eigenvalue weighted by Gasteiger charge is 2.25. The molecule has 1 fully saturated rings. The molecule has 10 nitrogen and oxygen atoms in total. The molecule has 0 saturated carbocycles. The van der Waals surface area contributed by atoms with E-state index in [2.05, 4.69) is 26.1 Å². The number of fused-ring (bicyclic) bond motifs is 1. The number of nitrogens with zero attached hydrogens (tertiary/aromatic N) is 6. The van der Waals surface area contributed by atoms with Crippen LogP contribution in [0.4, 0.5) is 0 Å². The van der Waals surface area contributed by atoms with Gasteiger partial charge in [0, 0.05) is 43.1 Å². The minimum atomic E-state index is -0.0517. The summed E-state index contributed by atoms with van der Waals surface area (Å²) in [4.78, 5) is 22.1. The normalized spacial score (nSPS) is 14.9. The van der Waals surface area contributed by atoms with Crippen molar-refractivity contribution in [2.45, 2.75) is 17.5 Å². The molecule has 7 rings (SSSR count). The standard InChI is InChI=1S/C29H24Cl2N6O4S2/c30-19-4-5-20(31)22(13-19)37-27(24-2-1-11-39-24)33-34-29(37)43-16-26-32-21(15-42-26)28(38)36-9-7-35(8-10-36)14-18-3-6-23-25(12-18)41-17-40-23/h1-6,11-13,15H,7-10,14,16-17H2. The molecule has 0 spiro atoms. The molecule has 1 amide bonds. The number of ether oxygens (including phenoxy) is 2. The molecule has 3 aromatic heterocycles. The zero-order chi connectivity index (χ0) is 29.3. The topological polar surface area (TPSA) is 98.8 Å². The number of carbonyl (C=O) groups excluding carboxylic acids is 1.